The molecule has 0 bridgehead atoms. The molecule has 1 aromatic heterocycles. The molecule has 0 aliphatic heterocycles. The van der Waals surface area contributed by atoms with Gasteiger partial charge in [-0.25, -0.2) is 4.68 Å². The molecule has 0 saturated carbocycles. The molecule has 3 nitrogen and oxygen atoms in total. The molecule has 66 valence electrons. The Morgan fingerprint density at radius 1 is 1.38 bits per heavy atom. The van der Waals surface area contributed by atoms with E-state index in [-0.39, 0.29) is 0 Å². The summed E-state index contributed by atoms with van der Waals surface area (Å²) in [5, 5.41) is 4.62. The largest absolute Gasteiger partial charge is 0.398 e. The van der Waals surface area contributed by atoms with Crippen LogP contribution in [0.25, 0.3) is 5.69 Å². The Labute approximate surface area is 80.7 Å². The fourth-order valence-electron chi connectivity index (χ4n) is 1.08. The molecule has 13 heavy (non-hydrogen) atoms. The molecule has 0 amide bonds. The van der Waals surface area contributed by atoms with Gasteiger partial charge in [0.2, 0.25) is 0 Å². The van der Waals surface area contributed by atoms with E-state index in [1.807, 2.05) is 18.3 Å². The molecular formula is C9H8ClN3. The third kappa shape index (κ3) is 1.51. The van der Waals surface area contributed by atoms with Crippen LogP contribution in [0.2, 0.25) is 5.02 Å². The number of nitrogens with zero attached hydrogens (tertiary/aromatic N) is 2. The number of nitrogens with two attached hydrogens (primary N) is 1. The minimum atomic E-state index is 0.549. The highest BCUT2D eigenvalue weighted by Crippen LogP contribution is 2.21. The van der Waals surface area contributed by atoms with Crippen molar-refractivity contribution in [2.24, 2.45) is 0 Å². The second-order valence-corrected chi connectivity index (χ2v) is 3.06. The molecule has 2 rings (SSSR count). The average Bonchev–Trinajstić information content (AvgIpc) is 2.62. The van der Waals surface area contributed by atoms with Gasteiger partial charge in [-0.3, -0.25) is 0 Å². The summed E-state index contributed by atoms with van der Waals surface area (Å²) in [4.78, 5) is 0. The first-order valence-electron chi connectivity index (χ1n) is 3.82. The van der Waals surface area contributed by atoms with Gasteiger partial charge >= 0.3 is 0 Å². The first kappa shape index (κ1) is 8.13. The monoisotopic (exact) mass is 193 g/mol. The van der Waals surface area contributed by atoms with Crippen molar-refractivity contribution in [2.75, 3.05) is 5.73 Å². The lowest BCUT2D eigenvalue weighted by Crippen LogP contribution is -1.95. The van der Waals surface area contributed by atoms with Crippen molar-refractivity contribution in [3.63, 3.8) is 0 Å². The average molecular weight is 194 g/mol. The highest BCUT2D eigenvalue weighted by atomic mass is 35.5. The van der Waals surface area contributed by atoms with Crippen molar-refractivity contribution in [3.05, 3.63) is 41.7 Å². The van der Waals surface area contributed by atoms with Crippen molar-refractivity contribution < 1.29 is 0 Å². The molecule has 4 heteroatoms. The number of anilines is 1. The molecule has 0 radical (unpaired) electrons. The normalized spacial score (nSPS) is 10.2. The second kappa shape index (κ2) is 3.11. The van der Waals surface area contributed by atoms with Crippen LogP contribution in [0.1, 0.15) is 0 Å². The van der Waals surface area contributed by atoms with E-state index in [0.717, 1.165) is 5.69 Å². The van der Waals surface area contributed by atoms with Crippen LogP contribution in [-0.4, -0.2) is 9.78 Å². The third-order valence-corrected chi connectivity index (χ3v) is 2.08. The van der Waals surface area contributed by atoms with Gasteiger partial charge in [-0.05, 0) is 24.3 Å². The predicted molar refractivity (Wildman–Crippen MR) is 53.0 cm³/mol. The van der Waals surface area contributed by atoms with Crippen molar-refractivity contribution in [1.29, 1.82) is 0 Å². The molecule has 1 heterocycles. The van der Waals surface area contributed by atoms with E-state index in [1.54, 1.807) is 23.0 Å². The first-order valence-corrected chi connectivity index (χ1v) is 4.20. The number of hydrogen-bond donors (Lipinski definition) is 1. The molecular weight excluding hydrogens is 186 g/mol. The summed E-state index contributed by atoms with van der Waals surface area (Å²) < 4.78 is 1.73. The summed E-state index contributed by atoms with van der Waals surface area (Å²) in [6, 6.07) is 7.27. The van der Waals surface area contributed by atoms with Gasteiger partial charge in [-0.15, -0.1) is 0 Å². The predicted octanol–water partition coefficient (Wildman–Crippen LogP) is 2.11. The molecule has 1 aromatic carbocycles. The van der Waals surface area contributed by atoms with Gasteiger partial charge in [-0.1, -0.05) is 11.6 Å². The Hall–Kier alpha value is -1.48. The van der Waals surface area contributed by atoms with E-state index in [2.05, 4.69) is 5.10 Å². The van der Waals surface area contributed by atoms with Crippen molar-refractivity contribution in [3.8, 4) is 5.69 Å². The van der Waals surface area contributed by atoms with Crippen LogP contribution in [0.15, 0.2) is 36.7 Å². The van der Waals surface area contributed by atoms with Gasteiger partial charge in [0.1, 0.15) is 0 Å². The number of rotatable bonds is 1. The minimum Gasteiger partial charge on any atom is -0.398 e. The van der Waals surface area contributed by atoms with Crippen molar-refractivity contribution in [2.45, 2.75) is 0 Å². The topological polar surface area (TPSA) is 43.8 Å². The maximum atomic E-state index is 5.86. The lowest BCUT2D eigenvalue weighted by molar-refractivity contribution is 0.881. The van der Waals surface area contributed by atoms with Gasteiger partial charge < -0.3 is 5.73 Å². The Balaban J connectivity index is 2.49. The Kier molecular flexibility index (Phi) is 1.94. The molecule has 2 aromatic rings. The quantitative estimate of drug-likeness (QED) is 0.705. The third-order valence-electron chi connectivity index (χ3n) is 1.75. The van der Waals surface area contributed by atoms with Gasteiger partial charge in [-0.2, -0.15) is 5.10 Å². The summed E-state index contributed by atoms with van der Waals surface area (Å²) in [5.74, 6) is 0. The van der Waals surface area contributed by atoms with Crippen LogP contribution < -0.4 is 5.73 Å². The minimum absolute atomic E-state index is 0.549. The Bertz CT molecular complexity index is 409. The van der Waals surface area contributed by atoms with Gasteiger partial charge in [0.25, 0.3) is 0 Å². The smallest absolute Gasteiger partial charge is 0.0661 e. The van der Waals surface area contributed by atoms with Crippen LogP contribution in [-0.2, 0) is 0 Å². The molecule has 0 aliphatic carbocycles. The summed E-state index contributed by atoms with van der Waals surface area (Å²) in [5.41, 5.74) is 7.07. The molecule has 0 spiro atoms. The molecule has 0 fully saturated rings. The van der Waals surface area contributed by atoms with E-state index in [1.165, 1.54) is 0 Å². The summed E-state index contributed by atoms with van der Waals surface area (Å²) >= 11 is 5.86. The summed E-state index contributed by atoms with van der Waals surface area (Å²) in [7, 11) is 0. The number of hydrogen-bond acceptors (Lipinski definition) is 2. The van der Waals surface area contributed by atoms with Crippen LogP contribution >= 0.6 is 11.6 Å². The summed E-state index contributed by atoms with van der Waals surface area (Å²) in [6.07, 6.45) is 3.56. The molecule has 0 atom stereocenters. The second-order valence-electron chi connectivity index (χ2n) is 2.66. The molecule has 0 unspecified atom stereocenters. The number of benzene rings is 1. The van der Waals surface area contributed by atoms with Gasteiger partial charge in [0, 0.05) is 12.4 Å². The zero-order valence-corrected chi connectivity index (χ0v) is 7.57. The first-order chi connectivity index (χ1) is 6.27. The maximum Gasteiger partial charge on any atom is 0.0661 e. The van der Waals surface area contributed by atoms with E-state index < -0.39 is 0 Å². The Morgan fingerprint density at radius 3 is 2.85 bits per heavy atom. The lowest BCUT2D eigenvalue weighted by atomic mass is 10.3. The van der Waals surface area contributed by atoms with E-state index in [9.17, 15) is 0 Å². The van der Waals surface area contributed by atoms with E-state index in [0.29, 0.717) is 10.7 Å². The summed E-state index contributed by atoms with van der Waals surface area (Å²) in [6.45, 7) is 0. The van der Waals surface area contributed by atoms with Crippen LogP contribution in [0, 0.1) is 0 Å². The number of nitrogen functional groups attached to an aromatic ring is 1. The van der Waals surface area contributed by atoms with Crippen molar-refractivity contribution >= 4 is 17.3 Å². The standard InChI is InChI=1S/C9H8ClN3/c10-8-6-7(2-3-9(8)11)13-5-1-4-12-13/h1-6H,11H2. The fourth-order valence-corrected chi connectivity index (χ4v) is 1.25. The Morgan fingerprint density at radius 2 is 2.23 bits per heavy atom. The van der Waals surface area contributed by atoms with Crippen molar-refractivity contribution in [1.82, 2.24) is 9.78 Å². The number of halogens is 1. The van der Waals surface area contributed by atoms with Crippen LogP contribution in [0.5, 0.6) is 0 Å². The molecule has 2 N–H and O–H groups in total. The van der Waals surface area contributed by atoms with Gasteiger partial charge in [0.05, 0.1) is 16.4 Å². The van der Waals surface area contributed by atoms with Gasteiger partial charge in [0.15, 0.2) is 0 Å². The number of aromatic nitrogens is 2. The maximum absolute atomic E-state index is 5.86. The zero-order chi connectivity index (χ0) is 9.26. The van der Waals surface area contributed by atoms with E-state index >= 15 is 0 Å². The van der Waals surface area contributed by atoms with Crippen LogP contribution in [0.4, 0.5) is 5.69 Å². The lowest BCUT2D eigenvalue weighted by Gasteiger charge is -2.03. The van der Waals surface area contributed by atoms with E-state index in [4.69, 9.17) is 17.3 Å². The zero-order valence-electron chi connectivity index (χ0n) is 6.81. The SMILES string of the molecule is Nc1ccc(-n2cccn2)cc1Cl. The fraction of sp³-hybridized carbons (Fsp3) is 0. The highest BCUT2D eigenvalue weighted by molar-refractivity contribution is 6.33. The highest BCUT2D eigenvalue weighted by Gasteiger charge is 1.99. The van der Waals surface area contributed by atoms with Crippen LogP contribution in [0.3, 0.4) is 0 Å². The molecule has 0 aliphatic rings. The molecule has 0 saturated heterocycles.